The van der Waals surface area contributed by atoms with Crippen molar-refractivity contribution in [3.8, 4) is 0 Å². The molecule has 0 fully saturated rings. The lowest BCUT2D eigenvalue weighted by molar-refractivity contribution is 0.102. The summed E-state index contributed by atoms with van der Waals surface area (Å²) in [4.78, 5) is 18.3. The number of hydrogen-bond donors (Lipinski definition) is 3. The van der Waals surface area contributed by atoms with E-state index in [2.05, 4.69) is 15.3 Å². The molecule has 0 atom stereocenters. The summed E-state index contributed by atoms with van der Waals surface area (Å²) >= 11 is 0. The van der Waals surface area contributed by atoms with Gasteiger partial charge in [0.05, 0.1) is 17.4 Å². The fraction of sp³-hybridized carbons (Fsp3) is 0. The van der Waals surface area contributed by atoms with Gasteiger partial charge < -0.3 is 16.0 Å². The van der Waals surface area contributed by atoms with Gasteiger partial charge in [-0.1, -0.05) is 0 Å². The van der Waals surface area contributed by atoms with Gasteiger partial charge in [-0.3, -0.25) is 4.79 Å². The van der Waals surface area contributed by atoms with Gasteiger partial charge in [0.2, 0.25) is 0 Å². The lowest BCUT2D eigenvalue weighted by Gasteiger charge is -2.02. The highest BCUT2D eigenvalue weighted by Crippen LogP contribution is 2.07. The van der Waals surface area contributed by atoms with Crippen LogP contribution in [0.5, 0.6) is 0 Å². The van der Waals surface area contributed by atoms with E-state index in [1.807, 2.05) is 0 Å². The third kappa shape index (κ3) is 2.14. The SMILES string of the molecule is Nc1ccc(NC(=O)c2cc[nH]c2)nc1. The molecular formula is C10H10N4O. The van der Waals surface area contributed by atoms with Crippen LogP contribution < -0.4 is 11.1 Å². The smallest absolute Gasteiger partial charge is 0.258 e. The number of anilines is 2. The quantitative estimate of drug-likeness (QED) is 0.685. The first-order chi connectivity index (χ1) is 7.25. The van der Waals surface area contributed by atoms with E-state index in [-0.39, 0.29) is 5.91 Å². The zero-order valence-electron chi connectivity index (χ0n) is 7.90. The molecule has 0 unspecified atom stereocenters. The minimum atomic E-state index is -0.200. The number of amides is 1. The number of nitrogen functional groups attached to an aromatic ring is 1. The highest BCUT2D eigenvalue weighted by molar-refractivity contribution is 6.03. The number of hydrogen-bond acceptors (Lipinski definition) is 3. The van der Waals surface area contributed by atoms with E-state index in [4.69, 9.17) is 5.73 Å². The van der Waals surface area contributed by atoms with Gasteiger partial charge in [0.25, 0.3) is 5.91 Å². The molecule has 5 nitrogen and oxygen atoms in total. The number of rotatable bonds is 2. The number of carbonyl (C=O) groups excluding carboxylic acids is 1. The fourth-order valence-electron chi connectivity index (χ4n) is 1.13. The van der Waals surface area contributed by atoms with Gasteiger partial charge in [-0.15, -0.1) is 0 Å². The lowest BCUT2D eigenvalue weighted by Crippen LogP contribution is -2.11. The summed E-state index contributed by atoms with van der Waals surface area (Å²) < 4.78 is 0. The van der Waals surface area contributed by atoms with E-state index in [1.54, 1.807) is 30.6 Å². The van der Waals surface area contributed by atoms with Crippen LogP contribution in [0.25, 0.3) is 0 Å². The summed E-state index contributed by atoms with van der Waals surface area (Å²) in [5.74, 6) is 0.281. The molecule has 0 aliphatic rings. The largest absolute Gasteiger partial charge is 0.397 e. The van der Waals surface area contributed by atoms with Gasteiger partial charge >= 0.3 is 0 Å². The maximum atomic E-state index is 11.6. The van der Waals surface area contributed by atoms with Gasteiger partial charge in [0.1, 0.15) is 5.82 Å². The molecule has 0 aliphatic heterocycles. The van der Waals surface area contributed by atoms with Crippen LogP contribution in [-0.2, 0) is 0 Å². The molecule has 0 radical (unpaired) electrons. The molecular weight excluding hydrogens is 192 g/mol. The Bertz CT molecular complexity index is 447. The summed E-state index contributed by atoms with van der Waals surface area (Å²) in [5, 5.41) is 2.65. The van der Waals surface area contributed by atoms with Crippen molar-refractivity contribution in [3.63, 3.8) is 0 Å². The molecule has 76 valence electrons. The molecule has 5 heteroatoms. The van der Waals surface area contributed by atoms with Crippen LogP contribution in [0.1, 0.15) is 10.4 Å². The standard InChI is InChI=1S/C10H10N4O/c11-8-1-2-9(13-6-8)14-10(15)7-3-4-12-5-7/h1-6,12H,11H2,(H,13,14,15). The van der Waals surface area contributed by atoms with Crippen molar-refractivity contribution in [2.24, 2.45) is 0 Å². The van der Waals surface area contributed by atoms with Crippen molar-refractivity contribution in [2.75, 3.05) is 11.1 Å². The normalized spacial score (nSPS) is 9.87. The monoisotopic (exact) mass is 202 g/mol. The predicted octanol–water partition coefficient (Wildman–Crippen LogP) is 1.24. The molecule has 2 aromatic rings. The number of nitrogens with two attached hydrogens (primary N) is 1. The molecule has 15 heavy (non-hydrogen) atoms. The molecule has 1 amide bonds. The molecule has 4 N–H and O–H groups in total. The second-order valence-electron chi connectivity index (χ2n) is 3.03. The first-order valence-corrected chi connectivity index (χ1v) is 4.41. The molecule has 2 aromatic heterocycles. The summed E-state index contributed by atoms with van der Waals surface area (Å²) in [6, 6.07) is 5.02. The molecule has 0 aliphatic carbocycles. The first-order valence-electron chi connectivity index (χ1n) is 4.41. The van der Waals surface area contributed by atoms with Gasteiger partial charge in [0.15, 0.2) is 0 Å². The van der Waals surface area contributed by atoms with Gasteiger partial charge in [-0.25, -0.2) is 4.98 Å². The highest BCUT2D eigenvalue weighted by Gasteiger charge is 2.05. The lowest BCUT2D eigenvalue weighted by atomic mass is 10.3. The topological polar surface area (TPSA) is 83.8 Å². The Morgan fingerprint density at radius 1 is 1.40 bits per heavy atom. The average Bonchev–Trinajstić information content (AvgIpc) is 2.74. The summed E-state index contributed by atoms with van der Waals surface area (Å²) in [5.41, 5.74) is 6.60. The van der Waals surface area contributed by atoms with Crippen molar-refractivity contribution in [3.05, 3.63) is 42.4 Å². The molecule has 2 rings (SSSR count). The Labute approximate surface area is 86.3 Å². The van der Waals surface area contributed by atoms with Crippen LogP contribution in [0.4, 0.5) is 11.5 Å². The summed E-state index contributed by atoms with van der Waals surface area (Å²) in [7, 11) is 0. The average molecular weight is 202 g/mol. The number of nitrogens with zero attached hydrogens (tertiary/aromatic N) is 1. The van der Waals surface area contributed by atoms with Crippen molar-refractivity contribution in [2.45, 2.75) is 0 Å². The van der Waals surface area contributed by atoms with Gasteiger partial charge in [0, 0.05) is 12.4 Å². The van der Waals surface area contributed by atoms with Gasteiger partial charge in [-0.05, 0) is 18.2 Å². The first kappa shape index (κ1) is 9.26. The van der Waals surface area contributed by atoms with Crippen molar-refractivity contribution in [1.29, 1.82) is 0 Å². The highest BCUT2D eigenvalue weighted by atomic mass is 16.1. The van der Waals surface area contributed by atoms with Crippen molar-refractivity contribution in [1.82, 2.24) is 9.97 Å². The second kappa shape index (κ2) is 3.83. The van der Waals surface area contributed by atoms with Crippen LogP contribution in [0.2, 0.25) is 0 Å². The number of carbonyl (C=O) groups is 1. The summed E-state index contributed by atoms with van der Waals surface area (Å²) in [6.45, 7) is 0. The fourth-order valence-corrected chi connectivity index (χ4v) is 1.13. The molecule has 0 spiro atoms. The Morgan fingerprint density at radius 2 is 2.27 bits per heavy atom. The van der Waals surface area contributed by atoms with Crippen molar-refractivity contribution < 1.29 is 4.79 Å². The maximum absolute atomic E-state index is 11.6. The molecule has 0 aromatic carbocycles. The van der Waals surface area contributed by atoms with Crippen LogP contribution in [-0.4, -0.2) is 15.9 Å². The third-order valence-electron chi connectivity index (χ3n) is 1.89. The van der Waals surface area contributed by atoms with E-state index in [0.29, 0.717) is 17.1 Å². The van der Waals surface area contributed by atoms with E-state index in [0.717, 1.165) is 0 Å². The maximum Gasteiger partial charge on any atom is 0.258 e. The Balaban J connectivity index is 2.09. The van der Waals surface area contributed by atoms with Crippen LogP contribution in [0, 0.1) is 0 Å². The van der Waals surface area contributed by atoms with Crippen molar-refractivity contribution >= 4 is 17.4 Å². The second-order valence-corrected chi connectivity index (χ2v) is 3.03. The number of nitrogens with one attached hydrogen (secondary N) is 2. The third-order valence-corrected chi connectivity index (χ3v) is 1.89. The van der Waals surface area contributed by atoms with Gasteiger partial charge in [-0.2, -0.15) is 0 Å². The number of aromatic nitrogens is 2. The zero-order chi connectivity index (χ0) is 10.7. The predicted molar refractivity (Wildman–Crippen MR) is 57.4 cm³/mol. The zero-order valence-corrected chi connectivity index (χ0v) is 7.90. The van der Waals surface area contributed by atoms with E-state index < -0.39 is 0 Å². The van der Waals surface area contributed by atoms with Crippen LogP contribution >= 0.6 is 0 Å². The molecule has 0 saturated carbocycles. The summed E-state index contributed by atoms with van der Waals surface area (Å²) in [6.07, 6.45) is 4.80. The number of H-pyrrole nitrogens is 1. The van der Waals surface area contributed by atoms with Crippen LogP contribution in [0.15, 0.2) is 36.8 Å². The molecule has 0 saturated heterocycles. The Hall–Kier alpha value is -2.30. The minimum Gasteiger partial charge on any atom is -0.397 e. The number of pyridine rings is 1. The minimum absolute atomic E-state index is 0.200. The Morgan fingerprint density at radius 3 is 2.87 bits per heavy atom. The Kier molecular flexibility index (Phi) is 2.37. The van der Waals surface area contributed by atoms with E-state index in [9.17, 15) is 4.79 Å². The molecule has 0 bridgehead atoms. The van der Waals surface area contributed by atoms with E-state index >= 15 is 0 Å². The van der Waals surface area contributed by atoms with E-state index in [1.165, 1.54) is 6.20 Å². The van der Waals surface area contributed by atoms with Crippen LogP contribution in [0.3, 0.4) is 0 Å². The molecule has 2 heterocycles. The number of aromatic amines is 1.